The molecule has 0 bridgehead atoms. The van der Waals surface area contributed by atoms with Gasteiger partial charge in [-0.2, -0.15) is 0 Å². The van der Waals surface area contributed by atoms with Crippen molar-refractivity contribution in [2.75, 3.05) is 6.54 Å². The van der Waals surface area contributed by atoms with Gasteiger partial charge in [-0.15, -0.1) is 0 Å². The van der Waals surface area contributed by atoms with Crippen LogP contribution in [0.2, 0.25) is 0 Å². The molecule has 1 atom stereocenters. The van der Waals surface area contributed by atoms with Crippen LogP contribution in [0.4, 0.5) is 0 Å². The molecular weight excluding hydrogens is 216 g/mol. The molecule has 1 unspecified atom stereocenters. The zero-order valence-electron chi connectivity index (χ0n) is 8.60. The van der Waals surface area contributed by atoms with E-state index in [0.29, 0.717) is 13.0 Å². The second kappa shape index (κ2) is 5.24. The summed E-state index contributed by atoms with van der Waals surface area (Å²) in [6, 6.07) is 0.0365. The third-order valence-electron chi connectivity index (χ3n) is 2.09. The zero-order valence-corrected chi connectivity index (χ0v) is 9.42. The molecule has 15 heavy (non-hydrogen) atoms. The lowest BCUT2D eigenvalue weighted by Crippen LogP contribution is -2.30. The van der Waals surface area contributed by atoms with Crippen LogP contribution < -0.4 is 10.5 Å². The highest BCUT2D eigenvalue weighted by atomic mass is 32.2. The molecule has 0 aliphatic carbocycles. The Bertz CT molecular complexity index is 373. The summed E-state index contributed by atoms with van der Waals surface area (Å²) in [6.07, 6.45) is 4.06. The molecule has 1 heterocycles. The Balaban J connectivity index is 2.45. The highest BCUT2D eigenvalue weighted by Gasteiger charge is 2.14. The number of nitrogens with two attached hydrogens (primary N) is 1. The number of hydrogen-bond acceptors (Lipinski definition) is 4. The minimum atomic E-state index is -3.44. The monoisotopic (exact) mass is 232 g/mol. The molecule has 0 amide bonds. The van der Waals surface area contributed by atoms with Crippen LogP contribution in [0.1, 0.15) is 19.8 Å². The summed E-state index contributed by atoms with van der Waals surface area (Å²) in [7, 11) is -3.44. The fourth-order valence-electron chi connectivity index (χ4n) is 1.05. The number of aromatic nitrogens is 2. The second-order valence-electron chi connectivity index (χ2n) is 3.27. The zero-order chi connectivity index (χ0) is 11.3. The minimum Gasteiger partial charge on any atom is -0.335 e. The first kappa shape index (κ1) is 12.2. The van der Waals surface area contributed by atoms with Gasteiger partial charge in [0.2, 0.25) is 0 Å². The molecule has 0 saturated carbocycles. The molecular formula is C8H16N4O2S. The van der Waals surface area contributed by atoms with E-state index in [2.05, 4.69) is 14.7 Å². The summed E-state index contributed by atoms with van der Waals surface area (Å²) in [5, 5.41) is 0.0765. The standard InChI is InChI=1S/C8H16N4O2S/c1-2-7(9)3-4-12-15(13,14)8-5-10-6-11-8/h5-7,12H,2-4,9H2,1H3,(H,10,11). The molecule has 1 aromatic heterocycles. The van der Waals surface area contributed by atoms with Crippen molar-refractivity contribution in [3.8, 4) is 0 Å². The molecule has 0 fully saturated rings. The van der Waals surface area contributed by atoms with Gasteiger partial charge in [0, 0.05) is 12.6 Å². The maximum Gasteiger partial charge on any atom is 0.257 e. The van der Waals surface area contributed by atoms with Crippen LogP contribution in [-0.2, 0) is 10.0 Å². The van der Waals surface area contributed by atoms with Crippen LogP contribution in [0.5, 0.6) is 0 Å². The second-order valence-corrected chi connectivity index (χ2v) is 5.01. The maximum atomic E-state index is 11.5. The highest BCUT2D eigenvalue weighted by Crippen LogP contribution is 2.02. The molecule has 0 aliphatic rings. The first-order valence-electron chi connectivity index (χ1n) is 4.80. The van der Waals surface area contributed by atoms with Gasteiger partial charge < -0.3 is 10.7 Å². The van der Waals surface area contributed by atoms with Gasteiger partial charge in [0.05, 0.1) is 12.5 Å². The Morgan fingerprint density at radius 2 is 2.40 bits per heavy atom. The van der Waals surface area contributed by atoms with Crippen LogP contribution in [-0.4, -0.2) is 31.0 Å². The van der Waals surface area contributed by atoms with E-state index >= 15 is 0 Å². The molecule has 0 saturated heterocycles. The lowest BCUT2D eigenvalue weighted by molar-refractivity contribution is 0.556. The van der Waals surface area contributed by atoms with Crippen molar-refractivity contribution in [3.05, 3.63) is 12.5 Å². The van der Waals surface area contributed by atoms with Crippen molar-refractivity contribution < 1.29 is 8.42 Å². The van der Waals surface area contributed by atoms with Crippen LogP contribution in [0, 0.1) is 0 Å². The Morgan fingerprint density at radius 3 is 2.93 bits per heavy atom. The first-order chi connectivity index (χ1) is 7.06. The molecule has 4 N–H and O–H groups in total. The van der Waals surface area contributed by atoms with Crippen molar-refractivity contribution >= 4 is 10.0 Å². The number of imidazole rings is 1. The summed E-state index contributed by atoms with van der Waals surface area (Å²) in [5.74, 6) is 0. The van der Waals surface area contributed by atoms with E-state index in [4.69, 9.17) is 5.73 Å². The third kappa shape index (κ3) is 3.61. The van der Waals surface area contributed by atoms with Crippen LogP contribution in [0.25, 0.3) is 0 Å². The molecule has 1 rings (SSSR count). The van der Waals surface area contributed by atoms with E-state index in [1.165, 1.54) is 12.5 Å². The van der Waals surface area contributed by atoms with Gasteiger partial charge in [0.25, 0.3) is 10.0 Å². The molecule has 86 valence electrons. The summed E-state index contributed by atoms with van der Waals surface area (Å²) in [4.78, 5) is 6.19. The van der Waals surface area contributed by atoms with E-state index in [-0.39, 0.29) is 11.1 Å². The lowest BCUT2D eigenvalue weighted by Gasteiger charge is -2.08. The number of nitrogens with zero attached hydrogens (tertiary/aromatic N) is 1. The molecule has 0 aliphatic heterocycles. The van der Waals surface area contributed by atoms with E-state index in [9.17, 15) is 8.42 Å². The normalized spacial score (nSPS) is 14.0. The van der Waals surface area contributed by atoms with Crippen molar-refractivity contribution in [2.24, 2.45) is 5.73 Å². The Morgan fingerprint density at radius 1 is 1.67 bits per heavy atom. The average molecular weight is 232 g/mol. The van der Waals surface area contributed by atoms with Crippen LogP contribution in [0.3, 0.4) is 0 Å². The summed E-state index contributed by atoms with van der Waals surface area (Å²) >= 11 is 0. The topological polar surface area (TPSA) is 101 Å². The van der Waals surface area contributed by atoms with Gasteiger partial charge in [-0.05, 0) is 12.8 Å². The minimum absolute atomic E-state index is 0.0365. The molecule has 7 heteroatoms. The van der Waals surface area contributed by atoms with Gasteiger partial charge in [-0.1, -0.05) is 6.92 Å². The predicted molar refractivity (Wildman–Crippen MR) is 56.7 cm³/mol. The molecule has 0 radical (unpaired) electrons. The van der Waals surface area contributed by atoms with Crippen LogP contribution >= 0.6 is 0 Å². The smallest absolute Gasteiger partial charge is 0.257 e. The fraction of sp³-hybridized carbons (Fsp3) is 0.625. The van der Waals surface area contributed by atoms with E-state index in [1.807, 2.05) is 6.92 Å². The fourth-order valence-corrected chi connectivity index (χ4v) is 2.00. The SMILES string of the molecule is CCC(N)CCNS(=O)(=O)c1cnc[nH]1. The number of sulfonamides is 1. The molecule has 6 nitrogen and oxygen atoms in total. The van der Waals surface area contributed by atoms with Crippen molar-refractivity contribution in [3.63, 3.8) is 0 Å². The van der Waals surface area contributed by atoms with Gasteiger partial charge >= 0.3 is 0 Å². The number of H-pyrrole nitrogens is 1. The van der Waals surface area contributed by atoms with Gasteiger partial charge in [-0.3, -0.25) is 0 Å². The van der Waals surface area contributed by atoms with E-state index < -0.39 is 10.0 Å². The van der Waals surface area contributed by atoms with Crippen molar-refractivity contribution in [2.45, 2.75) is 30.8 Å². The lowest BCUT2D eigenvalue weighted by atomic mass is 10.2. The Hall–Kier alpha value is -0.920. The molecule has 0 aromatic carbocycles. The number of nitrogens with one attached hydrogen (secondary N) is 2. The van der Waals surface area contributed by atoms with Gasteiger partial charge in [0.1, 0.15) is 0 Å². The van der Waals surface area contributed by atoms with Gasteiger partial charge in [0.15, 0.2) is 5.03 Å². The summed E-state index contributed by atoms with van der Waals surface area (Å²) in [5.41, 5.74) is 5.67. The molecule has 1 aromatic rings. The quantitative estimate of drug-likeness (QED) is 0.633. The third-order valence-corrected chi connectivity index (χ3v) is 3.48. The van der Waals surface area contributed by atoms with Gasteiger partial charge in [-0.25, -0.2) is 18.1 Å². The number of hydrogen-bond donors (Lipinski definition) is 3. The number of rotatable bonds is 6. The highest BCUT2D eigenvalue weighted by molar-refractivity contribution is 7.89. The van der Waals surface area contributed by atoms with Crippen molar-refractivity contribution in [1.29, 1.82) is 0 Å². The van der Waals surface area contributed by atoms with E-state index in [0.717, 1.165) is 6.42 Å². The predicted octanol–water partition coefficient (Wildman–Crippen LogP) is -0.185. The van der Waals surface area contributed by atoms with E-state index in [1.54, 1.807) is 0 Å². The number of aromatic amines is 1. The molecule has 0 spiro atoms. The largest absolute Gasteiger partial charge is 0.335 e. The summed E-state index contributed by atoms with van der Waals surface area (Å²) in [6.45, 7) is 2.31. The Kier molecular flexibility index (Phi) is 4.25. The van der Waals surface area contributed by atoms with Crippen molar-refractivity contribution in [1.82, 2.24) is 14.7 Å². The Labute approximate surface area is 89.3 Å². The average Bonchev–Trinajstić information content (AvgIpc) is 2.70. The summed E-state index contributed by atoms with van der Waals surface area (Å²) < 4.78 is 25.5. The maximum absolute atomic E-state index is 11.5. The first-order valence-corrected chi connectivity index (χ1v) is 6.28. The van der Waals surface area contributed by atoms with Crippen LogP contribution in [0.15, 0.2) is 17.6 Å².